The Labute approximate surface area is 211 Å². The first-order valence-electron chi connectivity index (χ1n) is 11.0. The minimum atomic E-state index is -0.940. The van der Waals surface area contributed by atoms with E-state index in [0.717, 1.165) is 5.56 Å². The molecule has 0 spiro atoms. The van der Waals surface area contributed by atoms with Gasteiger partial charge in [-0.3, -0.25) is 19.4 Å². The number of carbonyl (C=O) groups is 3. The van der Waals surface area contributed by atoms with Crippen LogP contribution < -0.4 is 5.32 Å². The molecule has 180 valence electrons. The number of halogens is 3. The highest BCUT2D eigenvalue weighted by Crippen LogP contribution is 2.38. The Balaban J connectivity index is 1.49. The number of pyridine rings is 2. The fraction of sp³-hybridized carbons (Fsp3) is 0.269. The van der Waals surface area contributed by atoms with Gasteiger partial charge in [-0.05, 0) is 60.4 Å². The molecule has 1 aromatic carbocycles. The zero-order valence-electron chi connectivity index (χ0n) is 19.1. The number of rotatable bonds is 6. The van der Waals surface area contributed by atoms with Crippen LogP contribution in [0.2, 0.25) is 10.2 Å². The van der Waals surface area contributed by atoms with Gasteiger partial charge >= 0.3 is 0 Å². The van der Waals surface area contributed by atoms with Crippen molar-refractivity contribution in [3.05, 3.63) is 81.0 Å². The molecule has 1 aliphatic rings. The van der Waals surface area contributed by atoms with Crippen molar-refractivity contribution in [1.82, 2.24) is 15.3 Å². The second-order valence-electron chi connectivity index (χ2n) is 8.68. The van der Waals surface area contributed by atoms with Crippen molar-refractivity contribution in [3.63, 3.8) is 0 Å². The lowest BCUT2D eigenvalue weighted by Crippen LogP contribution is -2.27. The van der Waals surface area contributed by atoms with Gasteiger partial charge in [0.25, 0.3) is 0 Å². The third kappa shape index (κ3) is 5.41. The van der Waals surface area contributed by atoms with Gasteiger partial charge in [0.1, 0.15) is 22.5 Å². The summed E-state index contributed by atoms with van der Waals surface area (Å²) in [7, 11) is 0. The first kappa shape index (κ1) is 24.9. The minimum Gasteiger partial charge on any atom is -0.352 e. The summed E-state index contributed by atoms with van der Waals surface area (Å²) in [6, 6.07) is 7.98. The van der Waals surface area contributed by atoms with E-state index in [4.69, 9.17) is 23.2 Å². The van der Waals surface area contributed by atoms with Crippen molar-refractivity contribution in [2.45, 2.75) is 39.2 Å². The molecule has 2 aromatic heterocycles. The molecule has 0 saturated heterocycles. The zero-order valence-corrected chi connectivity index (χ0v) is 20.6. The number of Topliss-reactive ketones (excluding diaryl/α,β-unsaturated/α-hetero) is 2. The lowest BCUT2D eigenvalue weighted by molar-refractivity contribution is -0.128. The van der Waals surface area contributed by atoms with Gasteiger partial charge in [0, 0.05) is 43.3 Å². The van der Waals surface area contributed by atoms with Gasteiger partial charge in [-0.2, -0.15) is 0 Å². The van der Waals surface area contributed by atoms with Gasteiger partial charge in [0.05, 0.1) is 5.02 Å². The van der Waals surface area contributed by atoms with Gasteiger partial charge in [-0.1, -0.05) is 29.3 Å². The molecule has 1 fully saturated rings. The summed E-state index contributed by atoms with van der Waals surface area (Å²) in [5.74, 6) is -3.00. The molecule has 3 aromatic rings. The maximum Gasteiger partial charge on any atom is 0.221 e. The molecule has 35 heavy (non-hydrogen) atoms. The zero-order chi connectivity index (χ0) is 25.3. The summed E-state index contributed by atoms with van der Waals surface area (Å²) in [4.78, 5) is 46.6. The Kier molecular flexibility index (Phi) is 7.28. The highest BCUT2D eigenvalue weighted by atomic mass is 35.5. The van der Waals surface area contributed by atoms with Gasteiger partial charge in [0.2, 0.25) is 5.91 Å². The van der Waals surface area contributed by atoms with Crippen LogP contribution in [0.4, 0.5) is 4.39 Å². The molecule has 6 nitrogen and oxygen atoms in total. The van der Waals surface area contributed by atoms with E-state index in [2.05, 4.69) is 15.3 Å². The predicted octanol–water partition coefficient (Wildman–Crippen LogP) is 5.15. The topological polar surface area (TPSA) is 89.0 Å². The molecule has 1 saturated carbocycles. The Morgan fingerprint density at radius 1 is 1.09 bits per heavy atom. The second-order valence-corrected chi connectivity index (χ2v) is 9.50. The predicted molar refractivity (Wildman–Crippen MR) is 131 cm³/mol. The Bertz CT molecular complexity index is 1300. The van der Waals surface area contributed by atoms with Crippen LogP contribution in [0.15, 0.2) is 42.7 Å². The van der Waals surface area contributed by atoms with Crippen molar-refractivity contribution < 1.29 is 18.8 Å². The van der Waals surface area contributed by atoms with Gasteiger partial charge in [-0.15, -0.1) is 0 Å². The molecule has 1 amide bonds. The molecule has 1 N–H and O–H groups in total. The normalized spacial score (nSPS) is 17.6. The average Bonchev–Trinajstić information content (AvgIpc) is 3.06. The Morgan fingerprint density at radius 3 is 2.43 bits per heavy atom. The Hall–Kier alpha value is -3.16. The summed E-state index contributed by atoms with van der Waals surface area (Å²) in [5.41, 5.74) is 3.41. The molecule has 0 bridgehead atoms. The van der Waals surface area contributed by atoms with Crippen LogP contribution in [0.1, 0.15) is 41.0 Å². The molecule has 0 radical (unpaired) electrons. The van der Waals surface area contributed by atoms with E-state index in [9.17, 15) is 18.8 Å². The summed E-state index contributed by atoms with van der Waals surface area (Å²) < 4.78 is 14.4. The average molecular weight is 514 g/mol. The van der Waals surface area contributed by atoms with Crippen molar-refractivity contribution in [3.8, 4) is 11.3 Å². The molecule has 0 aliphatic heterocycles. The SMILES string of the molecule is Cc1cc(-c2ncc(Cl)cc2F)cc(C)c1C1C(=O)CC(CC(=O)NCc2ccc(Cl)nc2)C1=O. The molecular formula is C26H22Cl2FN3O3. The molecule has 9 heteroatoms. The van der Waals surface area contributed by atoms with Crippen molar-refractivity contribution in [2.24, 2.45) is 5.92 Å². The molecular weight excluding hydrogens is 492 g/mol. The highest BCUT2D eigenvalue weighted by molar-refractivity contribution is 6.30. The van der Waals surface area contributed by atoms with E-state index in [-0.39, 0.29) is 47.6 Å². The molecule has 1 aliphatic carbocycles. The summed E-state index contributed by atoms with van der Waals surface area (Å²) in [6.45, 7) is 3.80. The fourth-order valence-corrected chi connectivity index (χ4v) is 4.79. The minimum absolute atomic E-state index is 0.00736. The monoisotopic (exact) mass is 513 g/mol. The first-order chi connectivity index (χ1) is 16.6. The number of nitrogens with zero attached hydrogens (tertiary/aromatic N) is 2. The van der Waals surface area contributed by atoms with E-state index in [0.29, 0.717) is 27.4 Å². The molecule has 2 unspecified atom stereocenters. The quantitative estimate of drug-likeness (QED) is 0.363. The first-order valence-corrected chi connectivity index (χ1v) is 11.8. The van der Waals surface area contributed by atoms with Gasteiger partial charge in [-0.25, -0.2) is 9.37 Å². The van der Waals surface area contributed by atoms with E-state index in [1.165, 1.54) is 12.3 Å². The third-order valence-corrected chi connectivity index (χ3v) is 6.56. The van der Waals surface area contributed by atoms with Gasteiger partial charge < -0.3 is 5.32 Å². The maximum absolute atomic E-state index is 14.4. The van der Waals surface area contributed by atoms with Crippen LogP contribution in [0.25, 0.3) is 11.3 Å². The number of nitrogens with one attached hydrogen (secondary N) is 1. The standard InChI is InChI=1S/C26H22Cl2FN3O3/c1-13-5-16(25-19(29)9-18(27)12-32-25)6-14(2)23(13)24-20(33)7-17(26(24)35)8-22(34)31-11-15-3-4-21(28)30-10-15/h3-6,9-10,12,17,24H,7-8,11H2,1-2H3,(H,31,34). The van der Waals surface area contributed by atoms with Crippen LogP contribution in [0.5, 0.6) is 0 Å². The van der Waals surface area contributed by atoms with Crippen molar-refractivity contribution in [1.29, 1.82) is 0 Å². The number of hydrogen-bond donors (Lipinski definition) is 1. The molecule has 2 atom stereocenters. The van der Waals surface area contributed by atoms with Crippen LogP contribution in [0, 0.1) is 25.6 Å². The van der Waals surface area contributed by atoms with Gasteiger partial charge in [0.15, 0.2) is 11.6 Å². The summed E-state index contributed by atoms with van der Waals surface area (Å²) >= 11 is 11.6. The van der Waals surface area contributed by atoms with E-state index in [1.54, 1.807) is 44.3 Å². The largest absolute Gasteiger partial charge is 0.352 e. The van der Waals surface area contributed by atoms with Crippen LogP contribution in [-0.4, -0.2) is 27.4 Å². The number of aryl methyl sites for hydroxylation is 2. The highest BCUT2D eigenvalue weighted by Gasteiger charge is 2.43. The molecule has 2 heterocycles. The van der Waals surface area contributed by atoms with Crippen LogP contribution >= 0.6 is 23.2 Å². The number of amides is 1. The number of benzene rings is 1. The van der Waals surface area contributed by atoms with E-state index < -0.39 is 17.7 Å². The fourth-order valence-electron chi connectivity index (χ4n) is 4.53. The summed E-state index contributed by atoms with van der Waals surface area (Å²) in [5, 5.41) is 3.30. The molecule has 4 rings (SSSR count). The van der Waals surface area contributed by atoms with Crippen LogP contribution in [0.3, 0.4) is 0 Å². The lowest BCUT2D eigenvalue weighted by atomic mass is 9.85. The number of ketones is 2. The Morgan fingerprint density at radius 2 is 1.80 bits per heavy atom. The maximum atomic E-state index is 14.4. The lowest BCUT2D eigenvalue weighted by Gasteiger charge is -2.17. The van der Waals surface area contributed by atoms with Crippen LogP contribution in [-0.2, 0) is 20.9 Å². The summed E-state index contributed by atoms with van der Waals surface area (Å²) in [6.07, 6.45) is 2.86. The van der Waals surface area contributed by atoms with E-state index >= 15 is 0 Å². The van der Waals surface area contributed by atoms with Crippen molar-refractivity contribution >= 4 is 40.7 Å². The second kappa shape index (κ2) is 10.2. The number of carbonyl (C=O) groups excluding carboxylic acids is 3. The third-order valence-electron chi connectivity index (χ3n) is 6.13. The van der Waals surface area contributed by atoms with Crippen molar-refractivity contribution in [2.75, 3.05) is 0 Å². The number of hydrogen-bond acceptors (Lipinski definition) is 5. The smallest absolute Gasteiger partial charge is 0.221 e. The van der Waals surface area contributed by atoms with E-state index in [1.807, 2.05) is 0 Å². The number of aromatic nitrogens is 2.